The predicted molar refractivity (Wildman–Crippen MR) is 93.5 cm³/mol. The van der Waals surface area contributed by atoms with Gasteiger partial charge in [-0.15, -0.1) is 0 Å². The van der Waals surface area contributed by atoms with Crippen LogP contribution in [0.5, 0.6) is 0 Å². The molecular formula is C17H14ClNO4S. The lowest BCUT2D eigenvalue weighted by Crippen LogP contribution is -2.41. The Morgan fingerprint density at radius 1 is 1.17 bits per heavy atom. The van der Waals surface area contributed by atoms with E-state index in [2.05, 4.69) is 0 Å². The molecule has 2 aromatic rings. The summed E-state index contributed by atoms with van der Waals surface area (Å²) in [6.07, 6.45) is 1.52. The standard InChI is InChI=1S/C17H14ClNO4S/c18-14-7-3-1-5-12(14)9-10-24(22,23)19-15-8-4-2-6-13(15)11-16(19)17(20)21/h1-10,16H,11H2,(H,20,21)/b10-9+. The van der Waals surface area contributed by atoms with Gasteiger partial charge in [0.15, 0.2) is 0 Å². The first kappa shape index (κ1) is 16.5. The topological polar surface area (TPSA) is 74.7 Å². The van der Waals surface area contributed by atoms with Crippen molar-refractivity contribution in [3.8, 4) is 0 Å². The van der Waals surface area contributed by atoms with Gasteiger partial charge in [-0.05, 0) is 29.3 Å². The van der Waals surface area contributed by atoms with Gasteiger partial charge >= 0.3 is 5.97 Å². The molecule has 2 aromatic carbocycles. The monoisotopic (exact) mass is 363 g/mol. The van der Waals surface area contributed by atoms with Gasteiger partial charge < -0.3 is 5.11 Å². The van der Waals surface area contributed by atoms with E-state index in [9.17, 15) is 18.3 Å². The Kier molecular flexibility index (Phi) is 4.34. The van der Waals surface area contributed by atoms with Crippen LogP contribution in [-0.2, 0) is 21.2 Å². The Morgan fingerprint density at radius 2 is 1.83 bits per heavy atom. The van der Waals surface area contributed by atoms with Crippen molar-refractivity contribution in [3.05, 3.63) is 70.1 Å². The molecule has 3 rings (SSSR count). The van der Waals surface area contributed by atoms with E-state index in [1.54, 1.807) is 48.5 Å². The number of para-hydroxylation sites is 1. The molecule has 5 nitrogen and oxygen atoms in total. The van der Waals surface area contributed by atoms with Gasteiger partial charge in [-0.3, -0.25) is 4.31 Å². The Hall–Kier alpha value is -2.31. The third-order valence-corrected chi connectivity index (χ3v) is 5.63. The third-order valence-electron chi connectivity index (χ3n) is 3.81. The van der Waals surface area contributed by atoms with E-state index in [0.717, 1.165) is 9.71 Å². The fraction of sp³-hybridized carbons (Fsp3) is 0.118. The molecule has 7 heteroatoms. The summed E-state index contributed by atoms with van der Waals surface area (Å²) in [6, 6.07) is 12.5. The molecule has 0 saturated carbocycles. The number of hydrogen-bond acceptors (Lipinski definition) is 3. The van der Waals surface area contributed by atoms with Crippen molar-refractivity contribution >= 4 is 39.4 Å². The summed E-state index contributed by atoms with van der Waals surface area (Å²) in [5.74, 6) is -1.18. The first-order valence-electron chi connectivity index (χ1n) is 7.18. The maximum absolute atomic E-state index is 12.7. The number of carboxylic acids is 1. The van der Waals surface area contributed by atoms with Gasteiger partial charge in [0.1, 0.15) is 6.04 Å². The molecular weight excluding hydrogens is 350 g/mol. The average molecular weight is 364 g/mol. The lowest BCUT2D eigenvalue weighted by atomic mass is 10.1. The van der Waals surface area contributed by atoms with Crippen molar-refractivity contribution in [2.45, 2.75) is 12.5 Å². The third kappa shape index (κ3) is 3.02. The average Bonchev–Trinajstić information content (AvgIpc) is 2.95. The van der Waals surface area contributed by atoms with Crippen LogP contribution >= 0.6 is 11.6 Å². The van der Waals surface area contributed by atoms with Crippen LogP contribution in [0.2, 0.25) is 5.02 Å². The van der Waals surface area contributed by atoms with Crippen molar-refractivity contribution in [2.75, 3.05) is 4.31 Å². The van der Waals surface area contributed by atoms with E-state index >= 15 is 0 Å². The van der Waals surface area contributed by atoms with E-state index in [4.69, 9.17) is 11.6 Å². The molecule has 0 amide bonds. The van der Waals surface area contributed by atoms with Crippen LogP contribution in [0, 0.1) is 0 Å². The second-order valence-corrected chi connectivity index (χ2v) is 7.45. The van der Waals surface area contributed by atoms with Gasteiger partial charge in [0.2, 0.25) is 0 Å². The van der Waals surface area contributed by atoms with Gasteiger partial charge in [0, 0.05) is 11.4 Å². The summed E-state index contributed by atoms with van der Waals surface area (Å²) in [7, 11) is -3.97. The fourth-order valence-electron chi connectivity index (χ4n) is 2.69. The molecule has 1 heterocycles. The highest BCUT2D eigenvalue weighted by Gasteiger charge is 2.40. The lowest BCUT2D eigenvalue weighted by Gasteiger charge is -2.22. The number of carboxylic acid groups (broad SMARTS) is 1. The maximum Gasteiger partial charge on any atom is 0.327 e. The molecule has 1 aliphatic rings. The Balaban J connectivity index is 2.01. The highest BCUT2D eigenvalue weighted by atomic mass is 35.5. The Bertz CT molecular complexity index is 924. The van der Waals surface area contributed by atoms with Gasteiger partial charge in [-0.1, -0.05) is 48.0 Å². The summed E-state index contributed by atoms with van der Waals surface area (Å²) in [5.41, 5.74) is 1.63. The van der Waals surface area contributed by atoms with Crippen LogP contribution in [0.1, 0.15) is 11.1 Å². The van der Waals surface area contributed by atoms with Gasteiger partial charge in [-0.25, -0.2) is 13.2 Å². The van der Waals surface area contributed by atoms with Crippen LogP contribution in [0.3, 0.4) is 0 Å². The highest BCUT2D eigenvalue weighted by molar-refractivity contribution is 7.95. The number of anilines is 1. The zero-order valence-electron chi connectivity index (χ0n) is 12.5. The summed E-state index contributed by atoms with van der Waals surface area (Å²) in [6.45, 7) is 0. The molecule has 0 fully saturated rings. The SMILES string of the molecule is O=C(O)C1Cc2ccccc2N1S(=O)(=O)/C=C/c1ccccc1Cl. The first-order valence-corrected chi connectivity index (χ1v) is 9.06. The van der Waals surface area contributed by atoms with Crippen molar-refractivity contribution < 1.29 is 18.3 Å². The van der Waals surface area contributed by atoms with Gasteiger partial charge in [0.05, 0.1) is 11.1 Å². The van der Waals surface area contributed by atoms with Crippen LogP contribution in [0.25, 0.3) is 6.08 Å². The molecule has 0 saturated heterocycles. The number of aliphatic carboxylic acids is 1. The number of sulfonamides is 1. The molecule has 0 aromatic heterocycles. The molecule has 24 heavy (non-hydrogen) atoms. The zero-order chi connectivity index (χ0) is 17.3. The number of hydrogen-bond donors (Lipinski definition) is 1. The van der Waals surface area contributed by atoms with E-state index in [1.807, 2.05) is 0 Å². The Labute approximate surface area is 144 Å². The van der Waals surface area contributed by atoms with Crippen molar-refractivity contribution in [3.63, 3.8) is 0 Å². The molecule has 0 radical (unpaired) electrons. The number of halogens is 1. The molecule has 124 valence electrons. The van der Waals surface area contributed by atoms with Gasteiger partial charge in [-0.2, -0.15) is 0 Å². The normalized spacial score (nSPS) is 17.2. The summed E-state index contributed by atoms with van der Waals surface area (Å²) in [5, 5.41) is 10.8. The van der Waals surface area contributed by atoms with E-state index in [1.165, 1.54) is 6.08 Å². The minimum Gasteiger partial charge on any atom is -0.480 e. The number of carbonyl (C=O) groups is 1. The second-order valence-electron chi connectivity index (χ2n) is 5.35. The quantitative estimate of drug-likeness (QED) is 0.905. The molecule has 1 N–H and O–H groups in total. The van der Waals surface area contributed by atoms with Gasteiger partial charge in [0.25, 0.3) is 10.0 Å². The molecule has 1 aliphatic heterocycles. The molecule has 0 aliphatic carbocycles. The van der Waals surface area contributed by atoms with E-state index < -0.39 is 22.0 Å². The van der Waals surface area contributed by atoms with Crippen LogP contribution in [0.15, 0.2) is 53.9 Å². The van der Waals surface area contributed by atoms with Crippen LogP contribution < -0.4 is 4.31 Å². The molecule has 0 spiro atoms. The highest BCUT2D eigenvalue weighted by Crippen LogP contribution is 2.35. The predicted octanol–water partition coefficient (Wildman–Crippen LogP) is 3.16. The van der Waals surface area contributed by atoms with E-state index in [0.29, 0.717) is 21.8 Å². The number of benzene rings is 2. The first-order chi connectivity index (χ1) is 11.4. The summed E-state index contributed by atoms with van der Waals surface area (Å²) >= 11 is 6.02. The van der Waals surface area contributed by atoms with Crippen molar-refractivity contribution in [1.29, 1.82) is 0 Å². The Morgan fingerprint density at radius 3 is 2.54 bits per heavy atom. The maximum atomic E-state index is 12.7. The molecule has 1 unspecified atom stereocenters. The largest absolute Gasteiger partial charge is 0.480 e. The zero-order valence-corrected chi connectivity index (χ0v) is 14.0. The number of fused-ring (bicyclic) bond motifs is 1. The lowest BCUT2D eigenvalue weighted by molar-refractivity contribution is -0.138. The van der Waals surface area contributed by atoms with Crippen LogP contribution in [0.4, 0.5) is 5.69 Å². The molecule has 0 bridgehead atoms. The fourth-order valence-corrected chi connectivity index (χ4v) is 4.31. The smallest absolute Gasteiger partial charge is 0.327 e. The molecule has 1 atom stereocenters. The number of rotatable bonds is 4. The van der Waals surface area contributed by atoms with Crippen LogP contribution in [-0.4, -0.2) is 25.5 Å². The van der Waals surface area contributed by atoms with Crippen molar-refractivity contribution in [1.82, 2.24) is 0 Å². The number of nitrogens with zero attached hydrogens (tertiary/aromatic N) is 1. The second kappa shape index (κ2) is 6.30. The minimum atomic E-state index is -3.97. The van der Waals surface area contributed by atoms with Crippen molar-refractivity contribution in [2.24, 2.45) is 0 Å². The summed E-state index contributed by atoms with van der Waals surface area (Å²) < 4.78 is 26.4. The summed E-state index contributed by atoms with van der Waals surface area (Å²) in [4.78, 5) is 11.5. The van der Waals surface area contributed by atoms with E-state index in [-0.39, 0.29) is 6.42 Å². The minimum absolute atomic E-state index is 0.144.